The Bertz CT molecular complexity index is 3730. The van der Waals surface area contributed by atoms with Crippen LogP contribution in [0, 0.1) is 127 Å². The molecule has 16 fully saturated rings. The van der Waals surface area contributed by atoms with Crippen LogP contribution in [0.4, 0.5) is 0 Å². The number of alkyl halides is 1. The minimum atomic E-state index is -0.907. The summed E-state index contributed by atoms with van der Waals surface area (Å²) in [7, 11) is 0. The Morgan fingerprint density at radius 3 is 1.37 bits per heavy atom. The number of aliphatic hydroxyl groups is 3. The lowest BCUT2D eigenvalue weighted by molar-refractivity contribution is -0.186. The van der Waals surface area contributed by atoms with Gasteiger partial charge in [0.2, 0.25) is 0 Å². The maximum absolute atomic E-state index is 12.5. The number of carbonyl (C=O) groups excluding carboxylic acids is 2. The molecule has 16 aliphatic carbocycles. The number of halogens is 1. The predicted octanol–water partition coefficient (Wildman–Crippen LogP) is 19.8. The fraction of sp³-hybridized carbons (Fsp3) is 0.835. The summed E-state index contributed by atoms with van der Waals surface area (Å²) in [6.07, 6.45) is 63.2. The smallest absolute Gasteiger partial charge is 0.172 e. The molecule has 12 saturated carbocycles. The van der Waals surface area contributed by atoms with E-state index in [2.05, 4.69) is 120 Å². The zero-order chi connectivity index (χ0) is 77.5. The molecule has 0 aromatic heterocycles. The van der Waals surface area contributed by atoms with Crippen LogP contribution in [0.15, 0.2) is 70.9 Å². The van der Waals surface area contributed by atoms with Gasteiger partial charge in [0, 0.05) is 85.0 Å². The lowest BCUT2D eigenvalue weighted by atomic mass is 9.46. The van der Waals surface area contributed by atoms with Gasteiger partial charge in [-0.25, -0.2) is 0 Å². The van der Waals surface area contributed by atoms with Gasteiger partial charge < -0.3 is 53.2 Å². The first kappa shape index (κ1) is 80.8. The van der Waals surface area contributed by atoms with Crippen LogP contribution in [0.3, 0.4) is 0 Å². The molecule has 4 saturated heterocycles. The van der Waals surface area contributed by atoms with Crippen molar-refractivity contribution in [1.82, 2.24) is 0 Å². The van der Waals surface area contributed by atoms with Crippen LogP contribution in [0.1, 0.15) is 293 Å². The van der Waals surface area contributed by atoms with Crippen LogP contribution in [-0.2, 0) is 47.5 Å². The number of Topliss-reactive ketones (excluding diaryl/α,β-unsaturated/α-hetero) is 1. The molecule has 0 aromatic rings. The van der Waals surface area contributed by atoms with Gasteiger partial charge in [0.1, 0.15) is 11.4 Å². The second-order valence-electron chi connectivity index (χ2n) is 42.1. The Morgan fingerprint density at radius 1 is 0.441 bits per heavy atom. The van der Waals surface area contributed by atoms with E-state index < -0.39 is 16.8 Å². The van der Waals surface area contributed by atoms with Crippen molar-refractivity contribution in [3.8, 4) is 12.3 Å². The van der Waals surface area contributed by atoms with Crippen LogP contribution in [0.2, 0.25) is 0 Å². The zero-order valence-corrected chi connectivity index (χ0v) is 71.1. The van der Waals surface area contributed by atoms with Crippen molar-refractivity contribution < 1.29 is 62.8 Å². The molecule has 24 atom stereocenters. The Kier molecular flexibility index (Phi) is 21.8. The monoisotopic (exact) mass is 1590 g/mol. The van der Waals surface area contributed by atoms with E-state index in [9.17, 15) is 24.9 Å². The van der Waals surface area contributed by atoms with Crippen LogP contribution < -0.4 is 0 Å². The molecule has 0 amide bonds. The number of terminal acetylenes is 1. The predicted molar refractivity (Wildman–Crippen MR) is 435 cm³/mol. The second kappa shape index (κ2) is 30.0. The summed E-state index contributed by atoms with van der Waals surface area (Å²) in [5, 5.41) is 35.5. The number of hydrogen-bond donors (Lipinski definition) is 3. The molecule has 14 heteroatoms. The van der Waals surface area contributed by atoms with Crippen molar-refractivity contribution in [3.05, 3.63) is 70.9 Å². The zero-order valence-electron chi connectivity index (χ0n) is 69.5. The Morgan fingerprint density at radius 2 is 0.874 bits per heavy atom. The van der Waals surface area contributed by atoms with Crippen molar-refractivity contribution in [2.45, 2.75) is 333 Å². The SMILES string of the molecule is C#C[C@]1(O)CCC2C3CC=C4CC5(CC[C@]4(C)C3CC[C@@]21C)OCCO5.C[C@]12CCC(=O)C=C1CCC1C2CC[C@@]2(C)C1CCC2(O)/C=C\CCBr.C[C@]12CCC3(CC1=CCC1C2CC[C@@]2(C)C1CCC2(O)/C=C\CCOC1CCCCO1)OCCO3.C[C@]12CCC3(CC1=CCC1C2CC[C@]2(C)C(=O)CCC12)OCCO3. The van der Waals surface area contributed by atoms with E-state index in [0.29, 0.717) is 82.8 Å². The molecule has 111 heavy (non-hydrogen) atoms. The quantitative estimate of drug-likeness (QED) is 0.0909. The Balaban J connectivity index is 0.000000109. The maximum Gasteiger partial charge on any atom is 0.172 e. The standard InChI is InChI=1S/C30H46O5.C23H33BrO2.C23H32O3.C21H30O3/c1-27-15-16-30(34-19-20-35-30)21-22(27)8-9-23-24(27)10-13-28(2)25(23)11-14-29(28,31)12-4-6-18-33-26-7-3-5-17-32-26;1-21-11-7-17(25)15-16(21)5-6-18-19(21)8-12-22(2)20(18)9-13-23(22,26)10-3-4-14-24;1-4-22(24)10-8-19-17-6-5-16-15-23(25-13-14-26-23)12-11-20(16,2)18(17)7-9-21(19,22)3;1-19-9-10-21(23-11-12-24-21)13-14(19)3-4-15-16-5-6-18(22)20(16,2)8-7-17(15)19/h4,8,12,23-26,31H,3,5-7,9-11,13-21H2,1-2H3;3,10,15,18-20,26H,4-9,11-14H2,1-2H3;1,5,17-19,24H,6-15H2,2-3H3;3,15-17H,4-13H2,1-2H3/b12-4-;10-3-;;/t23?,24?,25?,26?,27-,28-,29?;18?,19?,20?,21-,22-,23?;17?,18?,19?,20-,21-,22-;15?,16?,17?,19-,20-/m0000/s1. The highest BCUT2D eigenvalue weighted by molar-refractivity contribution is 9.09. The molecule has 0 bridgehead atoms. The molecule has 0 radical (unpaired) electrons. The Labute approximate surface area is 675 Å². The van der Waals surface area contributed by atoms with E-state index in [-0.39, 0.29) is 61.6 Å². The normalized spacial score (nSPS) is 48.9. The third-order valence-electron chi connectivity index (χ3n) is 38.1. The first-order valence-electron chi connectivity index (χ1n) is 45.5. The topological polar surface area (TPSA) is 169 Å². The lowest BCUT2D eigenvalue weighted by Crippen LogP contribution is -2.55. The molecule has 0 aromatic carbocycles. The summed E-state index contributed by atoms with van der Waals surface area (Å²) in [6.45, 7) is 25.2. The second-order valence-corrected chi connectivity index (χ2v) is 42.9. The van der Waals surface area contributed by atoms with Gasteiger partial charge in [-0.05, 0) is 285 Å². The summed E-state index contributed by atoms with van der Waals surface area (Å²) in [5.41, 5.74) is 4.85. The number of allylic oxidation sites excluding steroid dienone is 5. The highest BCUT2D eigenvalue weighted by Gasteiger charge is 2.69. The maximum atomic E-state index is 12.5. The number of rotatable bonds is 8. The molecule has 20 aliphatic rings. The highest BCUT2D eigenvalue weighted by Crippen LogP contribution is 2.73. The fourth-order valence-electron chi connectivity index (χ4n) is 31.0. The van der Waals surface area contributed by atoms with Gasteiger partial charge in [-0.1, -0.05) is 142 Å². The van der Waals surface area contributed by atoms with Crippen molar-refractivity contribution in [1.29, 1.82) is 0 Å². The minimum Gasteiger partial charge on any atom is -0.385 e. The third kappa shape index (κ3) is 13.2. The van der Waals surface area contributed by atoms with Crippen LogP contribution >= 0.6 is 15.9 Å². The fourth-order valence-corrected chi connectivity index (χ4v) is 31.3. The van der Waals surface area contributed by atoms with E-state index >= 15 is 0 Å². The van der Waals surface area contributed by atoms with E-state index in [1.165, 1.54) is 56.9 Å². The molecule has 4 aliphatic heterocycles. The first-order chi connectivity index (χ1) is 53.0. The molecule has 3 N–H and O–H groups in total. The average molecular weight is 1600 g/mol. The number of ketones is 2. The summed E-state index contributed by atoms with van der Waals surface area (Å²) in [4.78, 5) is 24.4. The van der Waals surface area contributed by atoms with E-state index in [4.69, 9.17) is 44.3 Å². The summed E-state index contributed by atoms with van der Waals surface area (Å²) >= 11 is 3.48. The average Bonchev–Trinajstić information content (AvgIpc) is 1.63. The van der Waals surface area contributed by atoms with Crippen molar-refractivity contribution >= 4 is 27.5 Å². The Hall–Kier alpha value is -2.62. The van der Waals surface area contributed by atoms with Crippen molar-refractivity contribution in [3.63, 3.8) is 0 Å². The van der Waals surface area contributed by atoms with Gasteiger partial charge in [0.25, 0.3) is 0 Å². The van der Waals surface area contributed by atoms with Gasteiger partial charge in [0.15, 0.2) is 29.4 Å². The number of ether oxygens (including phenoxy) is 8. The van der Waals surface area contributed by atoms with E-state index in [1.54, 1.807) is 16.7 Å². The largest absolute Gasteiger partial charge is 0.385 e. The van der Waals surface area contributed by atoms with Gasteiger partial charge in [-0.3, -0.25) is 9.59 Å². The van der Waals surface area contributed by atoms with Crippen LogP contribution in [0.5, 0.6) is 0 Å². The van der Waals surface area contributed by atoms with E-state index in [1.807, 2.05) is 6.08 Å². The van der Waals surface area contributed by atoms with Gasteiger partial charge in [0.05, 0.1) is 57.5 Å². The molecule has 13 nitrogen and oxygen atoms in total. The molecule has 614 valence electrons. The van der Waals surface area contributed by atoms with Gasteiger partial charge in [-0.15, -0.1) is 6.42 Å². The molecular formula is C97H141BrO13. The summed E-state index contributed by atoms with van der Waals surface area (Å²) in [6, 6.07) is 0. The van der Waals surface area contributed by atoms with Crippen LogP contribution in [0.25, 0.3) is 0 Å². The molecule has 15 unspecified atom stereocenters. The summed E-state index contributed by atoms with van der Waals surface area (Å²) in [5.74, 6) is 10.7. The van der Waals surface area contributed by atoms with Crippen molar-refractivity contribution in [2.75, 3.05) is 58.2 Å². The minimum absolute atomic E-state index is 0.0129. The van der Waals surface area contributed by atoms with Crippen molar-refractivity contribution in [2.24, 2.45) is 114 Å². The first-order valence-corrected chi connectivity index (χ1v) is 46.7. The lowest BCUT2D eigenvalue weighted by Gasteiger charge is -2.59. The molecular weight excluding hydrogens is 1450 g/mol. The third-order valence-corrected chi connectivity index (χ3v) is 38.5. The number of carbonyl (C=O) groups is 2. The highest BCUT2D eigenvalue weighted by atomic mass is 79.9. The van der Waals surface area contributed by atoms with Gasteiger partial charge >= 0.3 is 0 Å². The van der Waals surface area contributed by atoms with Crippen LogP contribution in [-0.4, -0.2) is 126 Å². The number of fused-ring (bicyclic) bond motifs is 20. The number of hydrogen-bond acceptors (Lipinski definition) is 13. The summed E-state index contributed by atoms with van der Waals surface area (Å²) < 4.78 is 47.8. The molecule has 3 spiro atoms. The van der Waals surface area contributed by atoms with Gasteiger partial charge in [-0.2, -0.15) is 0 Å². The molecule has 4 heterocycles. The molecule has 20 rings (SSSR count). The van der Waals surface area contributed by atoms with E-state index in [0.717, 1.165) is 250 Å².